The Labute approximate surface area is 105 Å². The molecule has 0 aliphatic heterocycles. The second kappa shape index (κ2) is 5.16. The average molecular weight is 258 g/mol. The first-order valence-electron chi connectivity index (χ1n) is 6.25. The molecule has 2 unspecified atom stereocenters. The molecule has 18 heavy (non-hydrogen) atoms. The molecule has 0 spiro atoms. The van der Waals surface area contributed by atoms with Crippen molar-refractivity contribution in [2.45, 2.75) is 44.8 Å². The van der Waals surface area contributed by atoms with E-state index in [-0.39, 0.29) is 0 Å². The van der Waals surface area contributed by atoms with Crippen LogP contribution in [-0.2, 0) is 6.18 Å². The van der Waals surface area contributed by atoms with Crippen molar-refractivity contribution in [3.63, 3.8) is 0 Å². The van der Waals surface area contributed by atoms with Crippen molar-refractivity contribution in [2.75, 3.05) is 5.32 Å². The fourth-order valence-electron chi connectivity index (χ4n) is 2.42. The Morgan fingerprint density at radius 1 is 1.28 bits per heavy atom. The van der Waals surface area contributed by atoms with Crippen molar-refractivity contribution in [2.24, 2.45) is 5.92 Å². The zero-order valence-electron chi connectivity index (χ0n) is 10.3. The molecule has 1 saturated carbocycles. The van der Waals surface area contributed by atoms with Gasteiger partial charge < -0.3 is 5.32 Å². The predicted octanol–water partition coefficient (Wildman–Crippen LogP) is 4.09. The molecular formula is C13H17F3N2. The lowest BCUT2D eigenvalue weighted by molar-refractivity contribution is -0.137. The fourth-order valence-corrected chi connectivity index (χ4v) is 2.42. The number of nitrogens with one attached hydrogen (secondary N) is 1. The first-order valence-corrected chi connectivity index (χ1v) is 6.25. The summed E-state index contributed by atoms with van der Waals surface area (Å²) in [6, 6.07) is 2.81. The van der Waals surface area contributed by atoms with Gasteiger partial charge in [-0.25, -0.2) is 4.98 Å². The predicted molar refractivity (Wildman–Crippen MR) is 64.3 cm³/mol. The summed E-state index contributed by atoms with van der Waals surface area (Å²) < 4.78 is 37.1. The lowest BCUT2D eigenvalue weighted by Gasteiger charge is -2.27. The van der Waals surface area contributed by atoms with Crippen molar-refractivity contribution >= 4 is 5.82 Å². The van der Waals surface area contributed by atoms with E-state index in [2.05, 4.69) is 17.2 Å². The number of hydrogen-bond acceptors (Lipinski definition) is 2. The quantitative estimate of drug-likeness (QED) is 0.864. The molecule has 0 amide bonds. The van der Waals surface area contributed by atoms with Gasteiger partial charge in [0.05, 0.1) is 5.56 Å². The van der Waals surface area contributed by atoms with Crippen LogP contribution < -0.4 is 5.32 Å². The zero-order valence-corrected chi connectivity index (χ0v) is 10.3. The minimum atomic E-state index is -4.31. The third-order valence-corrected chi connectivity index (χ3v) is 3.38. The summed E-state index contributed by atoms with van der Waals surface area (Å²) in [4.78, 5) is 3.83. The largest absolute Gasteiger partial charge is 0.417 e. The van der Waals surface area contributed by atoms with E-state index in [4.69, 9.17) is 0 Å². The maximum atomic E-state index is 12.4. The Bertz CT molecular complexity index is 386. The van der Waals surface area contributed by atoms with Crippen LogP contribution in [0.3, 0.4) is 0 Å². The molecule has 0 aromatic carbocycles. The smallest absolute Gasteiger partial charge is 0.367 e. The van der Waals surface area contributed by atoms with E-state index in [9.17, 15) is 13.2 Å². The molecule has 0 radical (unpaired) electrons. The minimum Gasteiger partial charge on any atom is -0.367 e. The SMILES string of the molecule is CC1CCCC(Nc2ccc(C(F)(F)F)cn2)C1. The maximum Gasteiger partial charge on any atom is 0.417 e. The van der Waals surface area contributed by atoms with Crippen LogP contribution in [0.4, 0.5) is 19.0 Å². The fraction of sp³-hybridized carbons (Fsp3) is 0.615. The molecule has 1 aromatic heterocycles. The van der Waals surface area contributed by atoms with Gasteiger partial charge in [0.15, 0.2) is 0 Å². The third-order valence-electron chi connectivity index (χ3n) is 3.38. The number of halogens is 3. The Balaban J connectivity index is 1.98. The summed E-state index contributed by atoms with van der Waals surface area (Å²) in [6.45, 7) is 2.20. The average Bonchev–Trinajstić information content (AvgIpc) is 2.28. The molecule has 2 atom stereocenters. The zero-order chi connectivity index (χ0) is 13.2. The molecule has 2 rings (SSSR count). The number of rotatable bonds is 2. The summed E-state index contributed by atoms with van der Waals surface area (Å²) in [7, 11) is 0. The van der Waals surface area contributed by atoms with E-state index in [0.717, 1.165) is 25.1 Å². The number of anilines is 1. The second-order valence-electron chi connectivity index (χ2n) is 5.04. The Hall–Kier alpha value is -1.26. The lowest BCUT2D eigenvalue weighted by atomic mass is 9.87. The monoisotopic (exact) mass is 258 g/mol. The van der Waals surface area contributed by atoms with Gasteiger partial charge in [-0.05, 0) is 30.9 Å². The lowest BCUT2D eigenvalue weighted by Crippen LogP contribution is -2.26. The Kier molecular flexibility index (Phi) is 3.78. The molecule has 1 aliphatic rings. The molecule has 5 heteroatoms. The van der Waals surface area contributed by atoms with E-state index in [1.165, 1.54) is 18.9 Å². The number of hydrogen-bond donors (Lipinski definition) is 1. The molecule has 1 heterocycles. The van der Waals surface area contributed by atoms with E-state index in [0.29, 0.717) is 17.8 Å². The number of alkyl halides is 3. The van der Waals surface area contributed by atoms with Gasteiger partial charge in [0, 0.05) is 12.2 Å². The van der Waals surface area contributed by atoms with Crippen LogP contribution in [0.1, 0.15) is 38.2 Å². The van der Waals surface area contributed by atoms with E-state index in [1.807, 2.05) is 0 Å². The number of aromatic nitrogens is 1. The van der Waals surface area contributed by atoms with Gasteiger partial charge in [0.25, 0.3) is 0 Å². The summed E-state index contributed by atoms with van der Waals surface area (Å²) >= 11 is 0. The van der Waals surface area contributed by atoms with Crippen molar-refractivity contribution < 1.29 is 13.2 Å². The molecule has 100 valence electrons. The van der Waals surface area contributed by atoms with Gasteiger partial charge >= 0.3 is 6.18 Å². The van der Waals surface area contributed by atoms with Crippen LogP contribution in [0, 0.1) is 5.92 Å². The molecule has 1 N–H and O–H groups in total. The van der Waals surface area contributed by atoms with Crippen molar-refractivity contribution in [3.05, 3.63) is 23.9 Å². The Morgan fingerprint density at radius 3 is 2.61 bits per heavy atom. The topological polar surface area (TPSA) is 24.9 Å². The minimum absolute atomic E-state index is 0.331. The van der Waals surface area contributed by atoms with Gasteiger partial charge in [-0.3, -0.25) is 0 Å². The molecule has 0 bridgehead atoms. The second-order valence-corrected chi connectivity index (χ2v) is 5.04. The van der Waals surface area contributed by atoms with Crippen LogP contribution in [0.5, 0.6) is 0 Å². The summed E-state index contributed by atoms with van der Waals surface area (Å²) in [5.74, 6) is 1.20. The summed E-state index contributed by atoms with van der Waals surface area (Å²) in [5, 5.41) is 3.21. The highest BCUT2D eigenvalue weighted by Gasteiger charge is 2.30. The highest BCUT2D eigenvalue weighted by molar-refractivity contribution is 5.37. The molecular weight excluding hydrogens is 241 g/mol. The molecule has 1 aliphatic carbocycles. The molecule has 1 aromatic rings. The normalized spacial score (nSPS) is 24.9. The van der Waals surface area contributed by atoms with Crippen molar-refractivity contribution in [1.82, 2.24) is 4.98 Å². The van der Waals surface area contributed by atoms with Gasteiger partial charge in [-0.1, -0.05) is 19.8 Å². The highest BCUT2D eigenvalue weighted by atomic mass is 19.4. The van der Waals surface area contributed by atoms with E-state index >= 15 is 0 Å². The maximum absolute atomic E-state index is 12.4. The standard InChI is InChI=1S/C13H17F3N2/c1-9-3-2-4-11(7-9)18-12-6-5-10(8-17-12)13(14,15)16/h5-6,8-9,11H,2-4,7H2,1H3,(H,17,18). The van der Waals surface area contributed by atoms with Crippen LogP contribution in [0.2, 0.25) is 0 Å². The van der Waals surface area contributed by atoms with Gasteiger partial charge in [-0.2, -0.15) is 13.2 Å². The van der Waals surface area contributed by atoms with Crippen LogP contribution in [0.15, 0.2) is 18.3 Å². The molecule has 2 nitrogen and oxygen atoms in total. The number of nitrogens with zero attached hydrogens (tertiary/aromatic N) is 1. The first kappa shape index (κ1) is 13.2. The van der Waals surface area contributed by atoms with E-state index in [1.54, 1.807) is 0 Å². The molecule has 0 saturated heterocycles. The van der Waals surface area contributed by atoms with Gasteiger partial charge in [0.1, 0.15) is 5.82 Å². The van der Waals surface area contributed by atoms with Crippen LogP contribution in [-0.4, -0.2) is 11.0 Å². The van der Waals surface area contributed by atoms with E-state index < -0.39 is 11.7 Å². The van der Waals surface area contributed by atoms with Crippen molar-refractivity contribution in [3.8, 4) is 0 Å². The molecule has 1 fully saturated rings. The summed E-state index contributed by atoms with van der Waals surface area (Å²) in [6.07, 6.45) is 1.09. The van der Waals surface area contributed by atoms with Crippen LogP contribution >= 0.6 is 0 Å². The van der Waals surface area contributed by atoms with Crippen LogP contribution in [0.25, 0.3) is 0 Å². The highest BCUT2D eigenvalue weighted by Crippen LogP contribution is 2.30. The van der Waals surface area contributed by atoms with Gasteiger partial charge in [0.2, 0.25) is 0 Å². The summed E-state index contributed by atoms with van der Waals surface area (Å²) in [5.41, 5.74) is -0.704. The van der Waals surface area contributed by atoms with Gasteiger partial charge in [-0.15, -0.1) is 0 Å². The first-order chi connectivity index (χ1) is 8.45. The number of pyridine rings is 1. The Morgan fingerprint density at radius 2 is 2.06 bits per heavy atom. The van der Waals surface area contributed by atoms with Crippen molar-refractivity contribution in [1.29, 1.82) is 0 Å². The third kappa shape index (κ3) is 3.37.